The van der Waals surface area contributed by atoms with E-state index in [4.69, 9.17) is 14.7 Å². The first-order valence-corrected chi connectivity index (χ1v) is 17.2. The van der Waals surface area contributed by atoms with Crippen molar-refractivity contribution in [2.45, 2.75) is 57.7 Å². The number of hydrogen-bond donors (Lipinski definition) is 4. The molecule has 3 atom stereocenters. The number of rotatable bonds is 6. The Morgan fingerprint density at radius 3 is 2.12 bits per heavy atom. The Kier molecular flexibility index (Phi) is 7.83. The summed E-state index contributed by atoms with van der Waals surface area (Å²) in [5.74, 6) is 1.40. The number of amides is 2. The number of benzene rings is 4. The second-order valence-corrected chi connectivity index (χ2v) is 13.7. The van der Waals surface area contributed by atoms with Crippen LogP contribution in [0.4, 0.5) is 4.79 Å². The monoisotopic (exact) mass is 655 g/mol. The van der Waals surface area contributed by atoms with Crippen LogP contribution < -0.4 is 10.6 Å². The predicted octanol–water partition coefficient (Wildman–Crippen LogP) is 7.44. The van der Waals surface area contributed by atoms with Crippen LogP contribution in [0.25, 0.3) is 54.7 Å². The van der Waals surface area contributed by atoms with Crippen LogP contribution in [-0.4, -0.2) is 63.1 Å². The van der Waals surface area contributed by atoms with E-state index in [0.717, 1.165) is 79.1 Å². The maximum absolute atomic E-state index is 13.7. The van der Waals surface area contributed by atoms with E-state index < -0.39 is 18.2 Å². The van der Waals surface area contributed by atoms with Crippen molar-refractivity contribution in [1.29, 1.82) is 0 Å². The number of H-pyrrole nitrogens is 2. The summed E-state index contributed by atoms with van der Waals surface area (Å²) in [6.07, 6.45) is 3.59. The quantitative estimate of drug-likeness (QED) is 0.138. The lowest BCUT2D eigenvalue weighted by atomic mass is 9.98. The highest BCUT2D eigenvalue weighted by Gasteiger charge is 2.39. The van der Waals surface area contributed by atoms with Crippen molar-refractivity contribution in [2.24, 2.45) is 5.92 Å². The number of aromatic nitrogens is 4. The molecule has 0 radical (unpaired) electrons. The summed E-state index contributed by atoms with van der Waals surface area (Å²) in [4.78, 5) is 44.7. The van der Waals surface area contributed by atoms with Crippen molar-refractivity contribution in [3.63, 3.8) is 0 Å². The van der Waals surface area contributed by atoms with Crippen molar-refractivity contribution in [2.75, 3.05) is 20.2 Å². The predicted molar refractivity (Wildman–Crippen MR) is 193 cm³/mol. The minimum Gasteiger partial charge on any atom is -0.453 e. The Balaban J connectivity index is 1.10. The van der Waals surface area contributed by atoms with Gasteiger partial charge in [0.25, 0.3) is 0 Å². The summed E-state index contributed by atoms with van der Waals surface area (Å²) in [6.45, 7) is 9.64. The Morgan fingerprint density at radius 1 is 0.898 bits per heavy atom. The molecule has 4 N–H and O–H groups in total. The fraction of sp³-hybridized carbons (Fsp3) is 0.333. The van der Waals surface area contributed by atoms with Gasteiger partial charge in [0, 0.05) is 17.3 Å². The minimum absolute atomic E-state index is 0.125. The van der Waals surface area contributed by atoms with E-state index in [1.807, 2.05) is 19.9 Å². The maximum atomic E-state index is 13.7. The smallest absolute Gasteiger partial charge is 0.407 e. The van der Waals surface area contributed by atoms with E-state index in [9.17, 15) is 9.59 Å². The molecule has 2 saturated heterocycles. The molecule has 0 unspecified atom stereocenters. The molecule has 4 heterocycles. The molecule has 250 valence electrons. The Bertz CT molecular complexity index is 2260. The van der Waals surface area contributed by atoms with Crippen molar-refractivity contribution < 1.29 is 14.3 Å². The average molecular weight is 656 g/mol. The van der Waals surface area contributed by atoms with Gasteiger partial charge in [-0.1, -0.05) is 63.2 Å². The normalized spacial score (nSPS) is 19.0. The molecular weight excluding hydrogens is 614 g/mol. The maximum Gasteiger partial charge on any atom is 0.407 e. The van der Waals surface area contributed by atoms with E-state index in [2.05, 4.69) is 81.8 Å². The van der Waals surface area contributed by atoms with Gasteiger partial charge in [0.15, 0.2) is 0 Å². The van der Waals surface area contributed by atoms with Crippen LogP contribution in [0, 0.1) is 5.92 Å². The van der Waals surface area contributed by atoms with Gasteiger partial charge in [-0.05, 0) is 83.5 Å². The molecule has 2 aliphatic rings. The molecule has 2 aliphatic heterocycles. The van der Waals surface area contributed by atoms with Crippen molar-refractivity contribution >= 4 is 55.6 Å². The van der Waals surface area contributed by atoms with Gasteiger partial charge < -0.3 is 30.2 Å². The second-order valence-electron chi connectivity index (χ2n) is 13.7. The zero-order valence-electron chi connectivity index (χ0n) is 28.1. The Labute approximate surface area is 284 Å². The summed E-state index contributed by atoms with van der Waals surface area (Å²) >= 11 is 0. The molecule has 10 nitrogen and oxygen atoms in total. The highest BCUT2D eigenvalue weighted by Crippen LogP contribution is 2.38. The number of methoxy groups -OCH3 is 1. The lowest BCUT2D eigenvalue weighted by Crippen LogP contribution is -2.51. The summed E-state index contributed by atoms with van der Waals surface area (Å²) in [5.41, 5.74) is 7.00. The molecular formula is C39H41N7O3. The molecule has 2 amide bonds. The molecule has 10 heteroatoms. The molecule has 2 aromatic heterocycles. The van der Waals surface area contributed by atoms with Gasteiger partial charge in [0.2, 0.25) is 5.91 Å². The number of piperidine rings is 1. The number of likely N-dealkylation sites (tertiary alicyclic amines) is 1. The van der Waals surface area contributed by atoms with Crippen LogP contribution in [0.5, 0.6) is 0 Å². The second kappa shape index (κ2) is 12.3. The molecule has 0 aliphatic carbocycles. The number of alkyl carbamates (subject to hydrolysis) is 1. The van der Waals surface area contributed by atoms with Crippen LogP contribution in [0.3, 0.4) is 0 Å². The fourth-order valence-electron chi connectivity index (χ4n) is 7.59. The third-order valence-corrected chi connectivity index (χ3v) is 10.3. The fourth-order valence-corrected chi connectivity index (χ4v) is 7.59. The molecule has 4 aromatic carbocycles. The average Bonchev–Trinajstić information content (AvgIpc) is 3.86. The van der Waals surface area contributed by atoms with Crippen LogP contribution in [-0.2, 0) is 9.53 Å². The number of fused-ring (bicyclic) bond motifs is 6. The first-order valence-electron chi connectivity index (χ1n) is 17.2. The molecule has 0 bridgehead atoms. The first kappa shape index (κ1) is 31.1. The molecule has 8 rings (SSSR count). The molecule has 0 saturated carbocycles. The minimum atomic E-state index is -0.721. The van der Waals surface area contributed by atoms with E-state index in [0.29, 0.717) is 18.8 Å². The van der Waals surface area contributed by atoms with Gasteiger partial charge in [-0.15, -0.1) is 0 Å². The number of carbonyl (C=O) groups excluding carboxylic acids is 2. The Hall–Kier alpha value is -5.22. The highest BCUT2D eigenvalue weighted by atomic mass is 16.5. The number of aromatic amines is 2. The van der Waals surface area contributed by atoms with Crippen LogP contribution in [0.1, 0.15) is 63.3 Å². The topological polar surface area (TPSA) is 128 Å². The van der Waals surface area contributed by atoms with Crippen LogP contribution in [0.15, 0.2) is 72.8 Å². The standard InChI is InChI=1S/C39H41N7O3/c1-21(2)32(45-39(48)49-4)38(47)46-18-16-22(3)35(46)37-42-30-15-11-26-20-24(9-13-28(26)34(30)44-37)23-8-12-27-25(19-23)10-14-29-33(27)43-36(41-29)31-7-5-6-17-40-31/h8-15,19-21,31-32,35,40H,3,5-7,16-18H2,1-2,4H3,(H,41,43)(H,42,44)(H,45,48)/t31-,32-,35-/m0/s1. The van der Waals surface area contributed by atoms with Gasteiger partial charge in [-0.2, -0.15) is 0 Å². The molecule has 6 aromatic rings. The molecule has 0 spiro atoms. The number of imidazole rings is 2. The first-order chi connectivity index (χ1) is 23.8. The zero-order valence-corrected chi connectivity index (χ0v) is 28.1. The van der Waals surface area contributed by atoms with Crippen LogP contribution in [0.2, 0.25) is 0 Å². The van der Waals surface area contributed by atoms with Crippen molar-refractivity contribution in [1.82, 2.24) is 35.5 Å². The number of hydrogen-bond acceptors (Lipinski definition) is 6. The lowest BCUT2D eigenvalue weighted by molar-refractivity contribution is -0.135. The van der Waals surface area contributed by atoms with Crippen LogP contribution >= 0.6 is 0 Å². The third kappa shape index (κ3) is 5.50. The van der Waals surface area contributed by atoms with E-state index in [1.54, 1.807) is 4.90 Å². The number of nitrogens with zero attached hydrogens (tertiary/aromatic N) is 3. The van der Waals surface area contributed by atoms with Gasteiger partial charge in [0.05, 0.1) is 35.2 Å². The van der Waals surface area contributed by atoms with Gasteiger partial charge in [-0.25, -0.2) is 14.8 Å². The van der Waals surface area contributed by atoms with Crippen molar-refractivity contribution in [3.05, 3.63) is 84.5 Å². The Morgan fingerprint density at radius 2 is 1.53 bits per heavy atom. The van der Waals surface area contributed by atoms with Crippen molar-refractivity contribution in [3.8, 4) is 11.1 Å². The van der Waals surface area contributed by atoms with Gasteiger partial charge >= 0.3 is 6.09 Å². The number of ether oxygens (including phenoxy) is 1. The summed E-state index contributed by atoms with van der Waals surface area (Å²) in [5, 5.41) is 10.7. The SMILES string of the molecule is C=C1CCN(C(=O)[C@@H](NC(=O)OC)C(C)C)[C@@H]1c1nc2c(ccc3cc(-c4ccc5c(ccc6[nH]c([C@@H]7CCCCN7)nc65)c4)ccc32)[nH]1. The largest absolute Gasteiger partial charge is 0.453 e. The summed E-state index contributed by atoms with van der Waals surface area (Å²) in [7, 11) is 1.30. The van der Waals surface area contributed by atoms with E-state index in [-0.39, 0.29) is 17.9 Å². The zero-order chi connectivity index (χ0) is 33.8. The van der Waals surface area contributed by atoms with Gasteiger partial charge in [0.1, 0.15) is 23.7 Å². The van der Waals surface area contributed by atoms with Gasteiger partial charge in [-0.3, -0.25) is 4.79 Å². The van der Waals surface area contributed by atoms with E-state index >= 15 is 0 Å². The molecule has 49 heavy (non-hydrogen) atoms. The summed E-state index contributed by atoms with van der Waals surface area (Å²) < 4.78 is 4.79. The third-order valence-electron chi connectivity index (χ3n) is 10.3. The number of carbonyl (C=O) groups is 2. The number of nitrogens with one attached hydrogen (secondary N) is 4. The lowest BCUT2D eigenvalue weighted by Gasteiger charge is -2.30. The van der Waals surface area contributed by atoms with E-state index in [1.165, 1.54) is 20.0 Å². The highest BCUT2D eigenvalue weighted by molar-refractivity contribution is 6.07. The molecule has 2 fully saturated rings. The summed E-state index contributed by atoms with van der Waals surface area (Å²) in [6, 6.07) is 20.7.